The Kier molecular flexibility index (Phi) is 3.46. The number of anilines is 1. The van der Waals surface area contributed by atoms with Gasteiger partial charge in [-0.25, -0.2) is 4.98 Å². The average molecular weight is 261 g/mol. The molecule has 0 aromatic carbocycles. The van der Waals surface area contributed by atoms with Gasteiger partial charge >= 0.3 is 0 Å². The number of pyridine rings is 1. The van der Waals surface area contributed by atoms with Gasteiger partial charge in [-0.1, -0.05) is 6.07 Å². The lowest BCUT2D eigenvalue weighted by atomic mass is 10.2. The standard InChI is InChI=1S/C15H23N3O/c1-17(2)9-12-8-13(19)10-18(12)15-7-6-11-4-3-5-14(11)16-15/h6-7,12-13,19H,3-5,8-10H2,1-2H3. The van der Waals surface area contributed by atoms with Crippen molar-refractivity contribution in [3.05, 3.63) is 23.4 Å². The molecule has 0 spiro atoms. The van der Waals surface area contributed by atoms with E-state index in [2.05, 4.69) is 36.0 Å². The molecule has 3 rings (SSSR count). The lowest BCUT2D eigenvalue weighted by Gasteiger charge is -2.28. The number of aliphatic hydroxyl groups is 1. The van der Waals surface area contributed by atoms with Crippen molar-refractivity contribution in [3.63, 3.8) is 0 Å². The summed E-state index contributed by atoms with van der Waals surface area (Å²) in [7, 11) is 4.16. The number of aliphatic hydroxyl groups excluding tert-OH is 1. The number of aromatic nitrogens is 1. The van der Waals surface area contributed by atoms with Crippen LogP contribution in [0.25, 0.3) is 0 Å². The summed E-state index contributed by atoms with van der Waals surface area (Å²) in [5.41, 5.74) is 2.68. The number of nitrogens with zero attached hydrogens (tertiary/aromatic N) is 3. The second kappa shape index (κ2) is 5.10. The first-order valence-corrected chi connectivity index (χ1v) is 7.21. The fraction of sp³-hybridized carbons (Fsp3) is 0.667. The van der Waals surface area contributed by atoms with Gasteiger partial charge in [0.15, 0.2) is 0 Å². The molecule has 1 aromatic rings. The molecule has 0 saturated carbocycles. The number of β-amino-alcohol motifs (C(OH)–C–C–N with tert-alkyl or cyclic N) is 1. The van der Waals surface area contributed by atoms with Gasteiger partial charge in [-0.15, -0.1) is 0 Å². The van der Waals surface area contributed by atoms with Crippen molar-refractivity contribution in [1.82, 2.24) is 9.88 Å². The molecular weight excluding hydrogens is 238 g/mol. The fourth-order valence-corrected chi connectivity index (χ4v) is 3.34. The van der Waals surface area contributed by atoms with Crippen LogP contribution in [-0.2, 0) is 12.8 Å². The maximum Gasteiger partial charge on any atom is 0.129 e. The van der Waals surface area contributed by atoms with Gasteiger partial charge in [-0.2, -0.15) is 0 Å². The van der Waals surface area contributed by atoms with Crippen molar-refractivity contribution in [2.75, 3.05) is 32.1 Å². The molecule has 4 heteroatoms. The summed E-state index contributed by atoms with van der Waals surface area (Å²) in [4.78, 5) is 9.29. The van der Waals surface area contributed by atoms with E-state index in [0.29, 0.717) is 12.6 Å². The summed E-state index contributed by atoms with van der Waals surface area (Å²) in [6.45, 7) is 1.68. The monoisotopic (exact) mass is 261 g/mol. The molecule has 2 atom stereocenters. The molecule has 0 radical (unpaired) electrons. The molecule has 104 valence electrons. The van der Waals surface area contributed by atoms with Crippen molar-refractivity contribution in [3.8, 4) is 0 Å². The minimum atomic E-state index is -0.222. The molecule has 2 unspecified atom stereocenters. The molecule has 1 N–H and O–H groups in total. The number of hydrogen-bond acceptors (Lipinski definition) is 4. The minimum Gasteiger partial charge on any atom is -0.391 e. The van der Waals surface area contributed by atoms with Crippen LogP contribution in [-0.4, -0.2) is 54.3 Å². The Bertz CT molecular complexity index is 461. The highest BCUT2D eigenvalue weighted by molar-refractivity contribution is 5.45. The fourth-order valence-electron chi connectivity index (χ4n) is 3.34. The van der Waals surface area contributed by atoms with Crippen molar-refractivity contribution < 1.29 is 5.11 Å². The van der Waals surface area contributed by atoms with Gasteiger partial charge in [0.1, 0.15) is 5.82 Å². The Hall–Kier alpha value is -1.13. The van der Waals surface area contributed by atoms with Crippen molar-refractivity contribution >= 4 is 5.82 Å². The lowest BCUT2D eigenvalue weighted by Crippen LogP contribution is -2.38. The molecule has 0 bridgehead atoms. The number of aryl methyl sites for hydroxylation is 2. The molecular formula is C15H23N3O. The van der Waals surface area contributed by atoms with Crippen molar-refractivity contribution in [2.45, 2.75) is 37.8 Å². The number of rotatable bonds is 3. The molecule has 1 fully saturated rings. The molecule has 4 nitrogen and oxygen atoms in total. The number of likely N-dealkylation sites (N-methyl/N-ethyl adjacent to an activating group) is 1. The van der Waals surface area contributed by atoms with Gasteiger partial charge in [0.05, 0.1) is 6.10 Å². The van der Waals surface area contributed by atoms with E-state index < -0.39 is 0 Å². The average Bonchev–Trinajstić information content (AvgIpc) is 2.93. The minimum absolute atomic E-state index is 0.222. The largest absolute Gasteiger partial charge is 0.391 e. The summed E-state index contributed by atoms with van der Waals surface area (Å²) < 4.78 is 0. The van der Waals surface area contributed by atoms with Crippen LogP contribution in [0.15, 0.2) is 12.1 Å². The van der Waals surface area contributed by atoms with E-state index in [1.165, 1.54) is 24.1 Å². The maximum absolute atomic E-state index is 9.95. The van der Waals surface area contributed by atoms with Gasteiger partial charge in [0.25, 0.3) is 0 Å². The zero-order valence-corrected chi connectivity index (χ0v) is 11.8. The van der Waals surface area contributed by atoms with Gasteiger partial charge < -0.3 is 14.9 Å². The zero-order chi connectivity index (χ0) is 13.4. The van der Waals surface area contributed by atoms with Gasteiger partial charge in [-0.3, -0.25) is 0 Å². The maximum atomic E-state index is 9.95. The smallest absolute Gasteiger partial charge is 0.129 e. The van der Waals surface area contributed by atoms with E-state index in [1.54, 1.807) is 0 Å². The van der Waals surface area contributed by atoms with Crippen LogP contribution in [0, 0.1) is 0 Å². The second-order valence-electron chi connectivity index (χ2n) is 6.09. The highest BCUT2D eigenvalue weighted by Gasteiger charge is 2.32. The number of hydrogen-bond donors (Lipinski definition) is 1. The molecule has 2 heterocycles. The second-order valence-corrected chi connectivity index (χ2v) is 6.09. The van der Waals surface area contributed by atoms with Crippen molar-refractivity contribution in [1.29, 1.82) is 0 Å². The third kappa shape index (κ3) is 2.60. The lowest BCUT2D eigenvalue weighted by molar-refractivity contribution is 0.191. The van der Waals surface area contributed by atoms with Crippen LogP contribution in [0.4, 0.5) is 5.82 Å². The quantitative estimate of drug-likeness (QED) is 0.883. The molecule has 2 aliphatic rings. The van der Waals surface area contributed by atoms with E-state index in [1.807, 2.05) is 0 Å². The predicted molar refractivity (Wildman–Crippen MR) is 76.6 cm³/mol. The first-order valence-electron chi connectivity index (χ1n) is 7.21. The summed E-state index contributed by atoms with van der Waals surface area (Å²) in [5.74, 6) is 1.05. The van der Waals surface area contributed by atoms with E-state index in [0.717, 1.165) is 25.2 Å². The molecule has 1 aliphatic heterocycles. The molecule has 19 heavy (non-hydrogen) atoms. The van der Waals surface area contributed by atoms with Crippen molar-refractivity contribution in [2.24, 2.45) is 0 Å². The first kappa shape index (κ1) is 12.9. The van der Waals surface area contributed by atoms with Crippen LogP contribution in [0.2, 0.25) is 0 Å². The van der Waals surface area contributed by atoms with Gasteiger partial charge in [0.2, 0.25) is 0 Å². The van der Waals surface area contributed by atoms with Gasteiger partial charge in [-0.05, 0) is 51.4 Å². The van der Waals surface area contributed by atoms with Crippen LogP contribution in [0.3, 0.4) is 0 Å². The zero-order valence-electron chi connectivity index (χ0n) is 11.8. The Morgan fingerprint density at radius 2 is 2.21 bits per heavy atom. The number of fused-ring (bicyclic) bond motifs is 1. The normalized spacial score (nSPS) is 26.2. The van der Waals surface area contributed by atoms with E-state index in [4.69, 9.17) is 4.98 Å². The van der Waals surface area contributed by atoms with Crippen LogP contribution >= 0.6 is 0 Å². The molecule has 1 aromatic heterocycles. The first-order chi connectivity index (χ1) is 9.13. The Balaban J connectivity index is 1.83. The van der Waals surface area contributed by atoms with Crippen LogP contribution in [0.1, 0.15) is 24.1 Å². The van der Waals surface area contributed by atoms with Crippen LogP contribution in [0.5, 0.6) is 0 Å². The highest BCUT2D eigenvalue weighted by Crippen LogP contribution is 2.28. The van der Waals surface area contributed by atoms with Gasteiger partial charge in [0, 0.05) is 24.8 Å². The van der Waals surface area contributed by atoms with E-state index >= 15 is 0 Å². The third-order valence-electron chi connectivity index (χ3n) is 4.18. The predicted octanol–water partition coefficient (Wildman–Crippen LogP) is 1.07. The molecule has 1 aliphatic carbocycles. The molecule has 0 amide bonds. The topological polar surface area (TPSA) is 39.6 Å². The summed E-state index contributed by atoms with van der Waals surface area (Å²) >= 11 is 0. The highest BCUT2D eigenvalue weighted by atomic mass is 16.3. The van der Waals surface area contributed by atoms with Crippen LogP contribution < -0.4 is 4.90 Å². The summed E-state index contributed by atoms with van der Waals surface area (Å²) in [6.07, 6.45) is 4.14. The summed E-state index contributed by atoms with van der Waals surface area (Å²) in [5, 5.41) is 9.95. The third-order valence-corrected chi connectivity index (χ3v) is 4.18. The van der Waals surface area contributed by atoms with E-state index in [9.17, 15) is 5.11 Å². The Morgan fingerprint density at radius 3 is 3.00 bits per heavy atom. The Labute approximate surface area is 115 Å². The molecule has 1 saturated heterocycles. The summed E-state index contributed by atoms with van der Waals surface area (Å²) in [6, 6.07) is 4.73. The Morgan fingerprint density at radius 1 is 1.37 bits per heavy atom. The SMILES string of the molecule is CN(C)CC1CC(O)CN1c1ccc2c(n1)CCC2. The van der Waals surface area contributed by atoms with E-state index in [-0.39, 0.29) is 6.10 Å².